The zero-order valence-electron chi connectivity index (χ0n) is 13.6. The Morgan fingerprint density at radius 3 is 2.36 bits per heavy atom. The van der Waals surface area contributed by atoms with Crippen molar-refractivity contribution in [3.8, 4) is 0 Å². The van der Waals surface area contributed by atoms with E-state index in [9.17, 15) is 9.59 Å². The molecule has 5 nitrogen and oxygen atoms in total. The number of amides is 2. The van der Waals surface area contributed by atoms with E-state index in [2.05, 4.69) is 38.4 Å². The van der Waals surface area contributed by atoms with Gasteiger partial charge in [0, 0.05) is 26.4 Å². The molecule has 0 spiro atoms. The Morgan fingerprint density at radius 2 is 1.72 bits per heavy atom. The Labute approximate surface area is 165 Å². The van der Waals surface area contributed by atoms with Crippen LogP contribution < -0.4 is 10.7 Å². The van der Waals surface area contributed by atoms with Crippen molar-refractivity contribution in [2.75, 3.05) is 0 Å². The van der Waals surface area contributed by atoms with Crippen LogP contribution in [-0.4, -0.2) is 17.5 Å². The van der Waals surface area contributed by atoms with Crippen molar-refractivity contribution in [2.45, 2.75) is 19.9 Å². The number of rotatable bonds is 6. The van der Waals surface area contributed by atoms with Gasteiger partial charge in [-0.15, -0.1) is 0 Å². The maximum absolute atomic E-state index is 12.0. The second kappa shape index (κ2) is 9.53. The molecule has 0 saturated carbocycles. The lowest BCUT2D eigenvalue weighted by molar-refractivity contribution is -0.120. The number of hydrazone groups is 1. The van der Waals surface area contributed by atoms with Crippen molar-refractivity contribution in [1.29, 1.82) is 0 Å². The first kappa shape index (κ1) is 19.4. The second-order valence-corrected chi connectivity index (χ2v) is 7.06. The quantitative estimate of drug-likeness (QED) is 0.384. The maximum Gasteiger partial charge on any atom is 0.271 e. The fraction of sp³-hybridized carbons (Fsp3) is 0.167. The lowest BCUT2D eigenvalue weighted by atomic mass is 10.2. The summed E-state index contributed by atoms with van der Waals surface area (Å²) >= 11 is 7.99. The van der Waals surface area contributed by atoms with Gasteiger partial charge < -0.3 is 5.32 Å². The van der Waals surface area contributed by atoms with Gasteiger partial charge in [-0.2, -0.15) is 5.10 Å². The molecule has 0 aliphatic heterocycles. The number of carbonyl (C=O) groups is 2. The van der Waals surface area contributed by atoms with E-state index in [4.69, 9.17) is 11.6 Å². The maximum atomic E-state index is 12.0. The van der Waals surface area contributed by atoms with E-state index in [1.54, 1.807) is 31.2 Å². The first-order valence-corrected chi connectivity index (χ1v) is 9.00. The Bertz CT molecular complexity index is 774. The summed E-state index contributed by atoms with van der Waals surface area (Å²) in [5.41, 5.74) is 4.45. The Morgan fingerprint density at radius 1 is 1.08 bits per heavy atom. The molecule has 0 aliphatic rings. The Kier molecular flexibility index (Phi) is 7.39. The lowest BCUT2D eigenvalue weighted by Crippen LogP contribution is -2.26. The third-order valence-electron chi connectivity index (χ3n) is 3.27. The summed E-state index contributed by atoms with van der Waals surface area (Å²) < 4.78 is 1.05. The molecule has 0 unspecified atom stereocenters. The topological polar surface area (TPSA) is 70.6 Å². The predicted octanol–water partition coefficient (Wildman–Crippen LogP) is 3.76. The molecule has 0 heterocycles. The summed E-state index contributed by atoms with van der Waals surface area (Å²) in [6, 6.07) is 14.4. The molecule has 130 valence electrons. The normalized spacial score (nSPS) is 11.1. The minimum absolute atomic E-state index is 0.112. The summed E-state index contributed by atoms with van der Waals surface area (Å²) in [6.07, 6.45) is 0.112. The van der Waals surface area contributed by atoms with Crippen LogP contribution >= 0.6 is 34.2 Å². The first-order valence-electron chi connectivity index (χ1n) is 7.54. The molecule has 2 aromatic rings. The van der Waals surface area contributed by atoms with E-state index in [0.717, 1.165) is 9.13 Å². The van der Waals surface area contributed by atoms with E-state index >= 15 is 0 Å². The van der Waals surface area contributed by atoms with E-state index in [0.29, 0.717) is 22.8 Å². The second-order valence-electron chi connectivity index (χ2n) is 5.37. The molecule has 0 radical (unpaired) electrons. The van der Waals surface area contributed by atoms with Gasteiger partial charge in [0.05, 0.1) is 6.42 Å². The van der Waals surface area contributed by atoms with Crippen LogP contribution in [0.25, 0.3) is 0 Å². The first-order chi connectivity index (χ1) is 11.9. The van der Waals surface area contributed by atoms with Crippen LogP contribution in [0.1, 0.15) is 29.3 Å². The average Bonchev–Trinajstić information content (AvgIpc) is 2.60. The number of hydrogen-bond acceptors (Lipinski definition) is 3. The molecule has 0 aromatic heterocycles. The summed E-state index contributed by atoms with van der Waals surface area (Å²) in [5, 5.41) is 7.42. The van der Waals surface area contributed by atoms with Gasteiger partial charge in [-0.1, -0.05) is 23.7 Å². The molecule has 2 rings (SSSR count). The molecule has 2 N–H and O–H groups in total. The fourth-order valence-corrected chi connectivity index (χ4v) is 2.43. The van der Waals surface area contributed by atoms with Gasteiger partial charge in [0.2, 0.25) is 5.91 Å². The zero-order chi connectivity index (χ0) is 18.2. The van der Waals surface area contributed by atoms with Crippen LogP contribution in [0, 0.1) is 3.57 Å². The Hall–Kier alpha value is -1.93. The standard InChI is InChI=1S/C18H17ClIN3O2/c1-12(22-23-18(25)14-4-8-16(20)9-5-14)10-17(24)21-11-13-2-6-15(19)7-3-13/h2-9H,10-11H2,1H3,(H,21,24)(H,23,25). The molecule has 2 aromatic carbocycles. The highest BCUT2D eigenvalue weighted by Crippen LogP contribution is 2.09. The van der Waals surface area contributed by atoms with Crippen molar-refractivity contribution >= 4 is 51.7 Å². The molecule has 0 aliphatic carbocycles. The number of nitrogens with zero attached hydrogens (tertiary/aromatic N) is 1. The smallest absolute Gasteiger partial charge is 0.271 e. The molecule has 0 bridgehead atoms. The molecule has 0 saturated heterocycles. The monoisotopic (exact) mass is 469 g/mol. The largest absolute Gasteiger partial charge is 0.352 e. The fourth-order valence-electron chi connectivity index (χ4n) is 1.95. The number of carbonyl (C=O) groups excluding carboxylic acids is 2. The van der Waals surface area contributed by atoms with E-state index in [-0.39, 0.29) is 18.2 Å². The summed E-state index contributed by atoms with van der Waals surface area (Å²) in [5.74, 6) is -0.475. The summed E-state index contributed by atoms with van der Waals surface area (Å²) in [7, 11) is 0. The summed E-state index contributed by atoms with van der Waals surface area (Å²) in [6.45, 7) is 2.11. The van der Waals surface area contributed by atoms with Crippen molar-refractivity contribution < 1.29 is 9.59 Å². The SMILES string of the molecule is CC(CC(=O)NCc1ccc(Cl)cc1)=NNC(=O)c1ccc(I)cc1. The van der Waals surface area contributed by atoms with Crippen LogP contribution in [-0.2, 0) is 11.3 Å². The molecule has 25 heavy (non-hydrogen) atoms. The van der Waals surface area contributed by atoms with Gasteiger partial charge in [0.15, 0.2) is 0 Å². The van der Waals surface area contributed by atoms with Gasteiger partial charge in [0.1, 0.15) is 0 Å². The van der Waals surface area contributed by atoms with Crippen LogP contribution in [0.3, 0.4) is 0 Å². The minimum Gasteiger partial charge on any atom is -0.352 e. The number of halogens is 2. The predicted molar refractivity (Wildman–Crippen MR) is 108 cm³/mol. The molecule has 7 heteroatoms. The number of benzene rings is 2. The van der Waals surface area contributed by atoms with Crippen LogP contribution in [0.5, 0.6) is 0 Å². The minimum atomic E-state index is -0.308. The Balaban J connectivity index is 1.79. The highest BCUT2D eigenvalue weighted by Gasteiger charge is 2.06. The zero-order valence-corrected chi connectivity index (χ0v) is 16.5. The highest BCUT2D eigenvalue weighted by atomic mass is 127. The molecule has 0 fully saturated rings. The van der Waals surface area contributed by atoms with Gasteiger partial charge in [-0.25, -0.2) is 5.43 Å². The van der Waals surface area contributed by atoms with Gasteiger partial charge >= 0.3 is 0 Å². The van der Waals surface area contributed by atoms with Crippen molar-refractivity contribution in [1.82, 2.24) is 10.7 Å². The van der Waals surface area contributed by atoms with E-state index in [1.165, 1.54) is 0 Å². The van der Waals surface area contributed by atoms with Crippen LogP contribution in [0.15, 0.2) is 53.6 Å². The van der Waals surface area contributed by atoms with E-state index in [1.807, 2.05) is 24.3 Å². The lowest BCUT2D eigenvalue weighted by Gasteiger charge is -2.06. The van der Waals surface area contributed by atoms with Crippen molar-refractivity contribution in [2.24, 2.45) is 5.10 Å². The molecular formula is C18H17ClIN3O2. The highest BCUT2D eigenvalue weighted by molar-refractivity contribution is 14.1. The van der Waals surface area contributed by atoms with Crippen LogP contribution in [0.4, 0.5) is 0 Å². The molecule has 2 amide bonds. The molecular weight excluding hydrogens is 453 g/mol. The third-order valence-corrected chi connectivity index (χ3v) is 4.25. The average molecular weight is 470 g/mol. The van der Waals surface area contributed by atoms with Gasteiger partial charge in [0.25, 0.3) is 5.91 Å². The van der Waals surface area contributed by atoms with Gasteiger partial charge in [-0.05, 0) is 71.5 Å². The van der Waals surface area contributed by atoms with Crippen LogP contribution in [0.2, 0.25) is 5.02 Å². The van der Waals surface area contributed by atoms with Crippen molar-refractivity contribution in [3.05, 3.63) is 68.3 Å². The van der Waals surface area contributed by atoms with E-state index < -0.39 is 0 Å². The van der Waals surface area contributed by atoms with Crippen molar-refractivity contribution in [3.63, 3.8) is 0 Å². The molecule has 0 atom stereocenters. The third kappa shape index (κ3) is 6.83. The van der Waals surface area contributed by atoms with Gasteiger partial charge in [-0.3, -0.25) is 9.59 Å². The number of hydrogen-bond donors (Lipinski definition) is 2. The number of nitrogens with one attached hydrogen (secondary N) is 2. The summed E-state index contributed by atoms with van der Waals surface area (Å²) in [4.78, 5) is 23.9.